The highest BCUT2D eigenvalue weighted by Crippen LogP contribution is 2.14. The first-order valence-corrected chi connectivity index (χ1v) is 9.21. The molecule has 1 aliphatic rings. The van der Waals surface area contributed by atoms with Crippen LogP contribution in [0.4, 0.5) is 0 Å². The average Bonchev–Trinajstić information content (AvgIpc) is 2.79. The molecule has 1 N–H and O–H groups in total. The van der Waals surface area contributed by atoms with Crippen LogP contribution in [0, 0.1) is 0 Å². The summed E-state index contributed by atoms with van der Waals surface area (Å²) in [6.45, 7) is 0. The molecule has 106 valence electrons. The molecule has 1 fully saturated rings. The third-order valence-corrected chi connectivity index (χ3v) is 5.85. The molecule has 0 spiro atoms. The van der Waals surface area contributed by atoms with Crippen LogP contribution < -0.4 is 5.32 Å². The third kappa shape index (κ3) is 4.43. The number of nitrogens with one attached hydrogen (secondary N) is 1. The summed E-state index contributed by atoms with van der Waals surface area (Å²) in [5, 5.41) is 5.43. The maximum Gasteiger partial charge on any atom is 0.227 e. The van der Waals surface area contributed by atoms with E-state index < -0.39 is 9.84 Å². The Morgan fingerprint density at radius 1 is 1.47 bits per heavy atom. The Kier molecular flexibility index (Phi) is 4.81. The molecule has 0 unspecified atom stereocenters. The number of aromatic nitrogens is 1. The van der Waals surface area contributed by atoms with E-state index >= 15 is 0 Å². The van der Waals surface area contributed by atoms with E-state index in [4.69, 9.17) is 11.6 Å². The van der Waals surface area contributed by atoms with Gasteiger partial charge in [0, 0.05) is 11.4 Å². The van der Waals surface area contributed by atoms with Gasteiger partial charge in [0.2, 0.25) is 5.91 Å². The van der Waals surface area contributed by atoms with Gasteiger partial charge in [-0.15, -0.1) is 22.9 Å². The Bertz CT molecular complexity index is 542. The lowest BCUT2D eigenvalue weighted by Crippen LogP contribution is -2.41. The summed E-state index contributed by atoms with van der Waals surface area (Å²) in [5.41, 5.74) is 0.776. The van der Waals surface area contributed by atoms with Crippen molar-refractivity contribution in [1.82, 2.24) is 10.3 Å². The Balaban J connectivity index is 1.81. The average molecular weight is 323 g/mol. The fourth-order valence-electron chi connectivity index (χ4n) is 1.94. The maximum absolute atomic E-state index is 11.8. The number of nitrogens with zero attached hydrogens (tertiary/aromatic N) is 1. The molecule has 8 heteroatoms. The lowest BCUT2D eigenvalue weighted by atomic mass is 10.1. The zero-order valence-electron chi connectivity index (χ0n) is 10.3. The van der Waals surface area contributed by atoms with Crippen molar-refractivity contribution in [1.29, 1.82) is 0 Å². The van der Waals surface area contributed by atoms with Gasteiger partial charge in [-0.1, -0.05) is 0 Å². The van der Waals surface area contributed by atoms with E-state index in [9.17, 15) is 13.2 Å². The monoisotopic (exact) mass is 322 g/mol. The van der Waals surface area contributed by atoms with Gasteiger partial charge >= 0.3 is 0 Å². The molecular weight excluding hydrogens is 308 g/mol. The molecule has 0 aliphatic carbocycles. The molecule has 1 aliphatic heterocycles. The van der Waals surface area contributed by atoms with Crippen molar-refractivity contribution in [3.05, 3.63) is 16.1 Å². The predicted octanol–water partition coefficient (Wildman–Crippen LogP) is 1.12. The lowest BCUT2D eigenvalue weighted by molar-refractivity contribution is -0.121. The Morgan fingerprint density at radius 2 is 2.16 bits per heavy atom. The molecule has 1 aromatic rings. The summed E-state index contributed by atoms with van der Waals surface area (Å²) >= 11 is 7.06. The number of thiazole rings is 1. The Hall–Kier alpha value is -0.660. The molecule has 5 nitrogen and oxygen atoms in total. The normalized spacial score (nSPS) is 19.2. The zero-order chi connectivity index (χ0) is 13.9. The van der Waals surface area contributed by atoms with Crippen molar-refractivity contribution in [3.63, 3.8) is 0 Å². The number of rotatable bonds is 4. The van der Waals surface area contributed by atoms with E-state index in [1.165, 1.54) is 11.3 Å². The summed E-state index contributed by atoms with van der Waals surface area (Å²) in [6.07, 6.45) is 1.22. The largest absolute Gasteiger partial charge is 0.353 e. The Labute approximate surface area is 121 Å². The quantitative estimate of drug-likeness (QED) is 0.843. The fraction of sp³-hybridized carbons (Fsp3) is 0.636. The number of carbonyl (C=O) groups excluding carboxylic acids is 1. The number of sulfone groups is 1. The standard InChI is InChI=1S/C11H15ClN2O3S2/c12-6-9-7-18-11(14-9)5-10(15)13-8-1-3-19(16,17)4-2-8/h7-8H,1-6H2,(H,13,15). The number of hydrogen-bond donors (Lipinski definition) is 1. The molecule has 0 saturated carbocycles. The minimum absolute atomic E-state index is 0.0384. The van der Waals surface area contributed by atoms with Crippen LogP contribution in [-0.2, 0) is 26.9 Å². The maximum atomic E-state index is 11.8. The van der Waals surface area contributed by atoms with E-state index in [0.29, 0.717) is 18.7 Å². The van der Waals surface area contributed by atoms with Crippen LogP contribution in [0.15, 0.2) is 5.38 Å². The van der Waals surface area contributed by atoms with Crippen molar-refractivity contribution in [2.75, 3.05) is 11.5 Å². The summed E-state index contributed by atoms with van der Waals surface area (Å²) in [7, 11) is -2.89. The van der Waals surface area contributed by atoms with Gasteiger partial charge in [0.1, 0.15) is 14.8 Å². The zero-order valence-corrected chi connectivity index (χ0v) is 12.7. The highest BCUT2D eigenvalue weighted by molar-refractivity contribution is 7.91. The van der Waals surface area contributed by atoms with Gasteiger partial charge < -0.3 is 5.32 Å². The smallest absolute Gasteiger partial charge is 0.227 e. The van der Waals surface area contributed by atoms with Crippen LogP contribution >= 0.6 is 22.9 Å². The molecule has 0 bridgehead atoms. The lowest BCUT2D eigenvalue weighted by Gasteiger charge is -2.22. The van der Waals surface area contributed by atoms with Crippen molar-refractivity contribution >= 4 is 38.7 Å². The molecule has 0 atom stereocenters. The number of amides is 1. The van der Waals surface area contributed by atoms with Gasteiger partial charge in [0.15, 0.2) is 0 Å². The van der Waals surface area contributed by atoms with Crippen molar-refractivity contribution in [3.8, 4) is 0 Å². The molecule has 19 heavy (non-hydrogen) atoms. The second kappa shape index (κ2) is 6.19. The van der Waals surface area contributed by atoms with Crippen LogP contribution in [-0.4, -0.2) is 36.9 Å². The topological polar surface area (TPSA) is 76.1 Å². The number of hydrogen-bond acceptors (Lipinski definition) is 5. The van der Waals surface area contributed by atoms with Crippen LogP contribution in [0.2, 0.25) is 0 Å². The SMILES string of the molecule is O=C(Cc1nc(CCl)cs1)NC1CCS(=O)(=O)CC1. The first-order chi connectivity index (χ1) is 8.98. The molecule has 2 heterocycles. The van der Waals surface area contributed by atoms with Gasteiger partial charge in [0.25, 0.3) is 0 Å². The van der Waals surface area contributed by atoms with Gasteiger partial charge in [-0.2, -0.15) is 0 Å². The van der Waals surface area contributed by atoms with E-state index in [2.05, 4.69) is 10.3 Å². The van der Waals surface area contributed by atoms with Gasteiger partial charge in [-0.3, -0.25) is 4.79 Å². The van der Waals surface area contributed by atoms with Gasteiger partial charge in [-0.05, 0) is 12.8 Å². The van der Waals surface area contributed by atoms with Crippen molar-refractivity contribution in [2.24, 2.45) is 0 Å². The molecule has 1 saturated heterocycles. The summed E-state index contributed by atoms with van der Waals surface area (Å²) in [6, 6.07) is -0.0384. The van der Waals surface area contributed by atoms with Crippen LogP contribution in [0.5, 0.6) is 0 Å². The van der Waals surface area contributed by atoms with Crippen molar-refractivity contribution < 1.29 is 13.2 Å². The minimum atomic E-state index is -2.89. The van der Waals surface area contributed by atoms with E-state index in [-0.39, 0.29) is 29.9 Å². The number of carbonyl (C=O) groups is 1. The number of halogens is 1. The second-order valence-corrected chi connectivity index (χ2v) is 8.05. The molecule has 1 aromatic heterocycles. The first kappa shape index (κ1) is 14.7. The fourth-order valence-corrected chi connectivity index (χ4v) is 4.45. The molecule has 2 rings (SSSR count). The first-order valence-electron chi connectivity index (χ1n) is 5.97. The molecule has 0 aromatic carbocycles. The van der Waals surface area contributed by atoms with Crippen LogP contribution in [0.25, 0.3) is 0 Å². The van der Waals surface area contributed by atoms with E-state index in [1.54, 1.807) is 0 Å². The highest BCUT2D eigenvalue weighted by Gasteiger charge is 2.24. The summed E-state index contributed by atoms with van der Waals surface area (Å²) < 4.78 is 22.6. The van der Waals surface area contributed by atoms with E-state index in [1.807, 2.05) is 5.38 Å². The second-order valence-electron chi connectivity index (χ2n) is 4.54. The molecular formula is C11H15ClN2O3S2. The van der Waals surface area contributed by atoms with Crippen molar-refractivity contribution in [2.45, 2.75) is 31.2 Å². The Morgan fingerprint density at radius 3 is 2.74 bits per heavy atom. The third-order valence-electron chi connectivity index (χ3n) is 2.97. The molecule has 1 amide bonds. The van der Waals surface area contributed by atoms with Crippen LogP contribution in [0.3, 0.4) is 0 Å². The number of alkyl halides is 1. The van der Waals surface area contributed by atoms with Gasteiger partial charge in [0.05, 0.1) is 29.5 Å². The summed E-state index contributed by atoms with van der Waals surface area (Å²) in [4.78, 5) is 16.0. The highest BCUT2D eigenvalue weighted by atomic mass is 35.5. The van der Waals surface area contributed by atoms with Crippen LogP contribution in [0.1, 0.15) is 23.5 Å². The van der Waals surface area contributed by atoms with E-state index in [0.717, 1.165) is 10.7 Å². The predicted molar refractivity (Wildman–Crippen MR) is 75.2 cm³/mol. The van der Waals surface area contributed by atoms with Gasteiger partial charge in [-0.25, -0.2) is 13.4 Å². The molecule has 0 radical (unpaired) electrons. The summed E-state index contributed by atoms with van der Waals surface area (Å²) in [5.74, 6) is 0.551. The minimum Gasteiger partial charge on any atom is -0.353 e.